The Labute approximate surface area is 140 Å². The lowest BCUT2D eigenvalue weighted by Gasteiger charge is -2.10. The molecule has 0 heterocycles. The van der Waals surface area contributed by atoms with Crippen LogP contribution in [-0.2, 0) is 0 Å². The first-order chi connectivity index (χ1) is 10.5. The molecule has 2 aromatic carbocycles. The molecule has 0 aliphatic carbocycles. The first kappa shape index (κ1) is 16.1. The van der Waals surface area contributed by atoms with Crippen molar-refractivity contribution in [3.63, 3.8) is 0 Å². The van der Waals surface area contributed by atoms with E-state index in [4.69, 9.17) is 17.3 Å². The van der Waals surface area contributed by atoms with Crippen LogP contribution in [0.3, 0.4) is 0 Å². The van der Waals surface area contributed by atoms with Gasteiger partial charge in [-0.15, -0.1) is 0 Å². The van der Waals surface area contributed by atoms with Crippen LogP contribution in [0.25, 0.3) is 0 Å². The van der Waals surface area contributed by atoms with Crippen LogP contribution in [0.2, 0.25) is 0 Å². The largest absolute Gasteiger partial charge is 0.478 e. The lowest BCUT2D eigenvalue weighted by atomic mass is 10.2. The standard InChI is InChI=1S/C15H11BrN2O3S/c16-11-6-4-9(5-7-11)13(19)18-15(22)17-12-3-1-2-10(8-12)14(20)21/h1-8H,(H,20,21)(H2,17,18,19,22). The number of carboxylic acids is 1. The maximum Gasteiger partial charge on any atom is 0.335 e. The van der Waals surface area contributed by atoms with Gasteiger partial charge in [-0.05, 0) is 54.7 Å². The Bertz CT molecular complexity index is 732. The van der Waals surface area contributed by atoms with Crippen molar-refractivity contribution in [2.75, 3.05) is 5.32 Å². The Kier molecular flexibility index (Phi) is 5.24. The van der Waals surface area contributed by atoms with Crippen LogP contribution in [0.4, 0.5) is 5.69 Å². The molecule has 2 aromatic rings. The van der Waals surface area contributed by atoms with Gasteiger partial charge in [0.25, 0.3) is 5.91 Å². The molecule has 0 aromatic heterocycles. The third-order valence-electron chi connectivity index (χ3n) is 2.70. The minimum atomic E-state index is -1.03. The number of carbonyl (C=O) groups is 2. The second kappa shape index (κ2) is 7.15. The molecule has 0 fully saturated rings. The maximum absolute atomic E-state index is 12.0. The van der Waals surface area contributed by atoms with Crippen molar-refractivity contribution in [2.24, 2.45) is 0 Å². The average Bonchev–Trinajstić information content (AvgIpc) is 2.47. The van der Waals surface area contributed by atoms with Crippen LogP contribution in [0.1, 0.15) is 20.7 Å². The number of halogens is 1. The third-order valence-corrected chi connectivity index (χ3v) is 3.43. The number of benzene rings is 2. The number of hydrogen-bond acceptors (Lipinski definition) is 3. The molecule has 5 nitrogen and oxygen atoms in total. The molecule has 0 bridgehead atoms. The number of hydrogen-bond donors (Lipinski definition) is 3. The molecule has 2 rings (SSSR count). The van der Waals surface area contributed by atoms with Crippen LogP contribution in [0, 0.1) is 0 Å². The minimum Gasteiger partial charge on any atom is -0.478 e. The zero-order valence-corrected chi connectivity index (χ0v) is 13.6. The molecule has 0 aliphatic heterocycles. The predicted molar refractivity (Wildman–Crippen MR) is 91.2 cm³/mol. The summed E-state index contributed by atoms with van der Waals surface area (Å²) in [5.41, 5.74) is 1.08. The average molecular weight is 379 g/mol. The molecule has 0 unspecified atom stereocenters. The summed E-state index contributed by atoms with van der Waals surface area (Å²) in [7, 11) is 0. The number of aromatic carboxylic acids is 1. The van der Waals surface area contributed by atoms with E-state index in [1.807, 2.05) is 0 Å². The normalized spacial score (nSPS) is 9.86. The molecule has 3 N–H and O–H groups in total. The molecule has 1 amide bonds. The summed E-state index contributed by atoms with van der Waals surface area (Å²) < 4.78 is 0.871. The van der Waals surface area contributed by atoms with Gasteiger partial charge in [0.1, 0.15) is 0 Å². The second-order valence-electron chi connectivity index (χ2n) is 4.30. The van der Waals surface area contributed by atoms with Gasteiger partial charge in [-0.2, -0.15) is 0 Å². The van der Waals surface area contributed by atoms with Gasteiger partial charge in [-0.25, -0.2) is 4.79 Å². The zero-order chi connectivity index (χ0) is 16.1. The van der Waals surface area contributed by atoms with Gasteiger partial charge in [0.05, 0.1) is 5.56 Å². The lowest BCUT2D eigenvalue weighted by Crippen LogP contribution is -2.34. The molecule has 0 saturated carbocycles. The zero-order valence-electron chi connectivity index (χ0n) is 11.2. The van der Waals surface area contributed by atoms with E-state index in [0.29, 0.717) is 11.3 Å². The number of anilines is 1. The molecular weight excluding hydrogens is 368 g/mol. The Morgan fingerprint density at radius 3 is 2.36 bits per heavy atom. The number of rotatable bonds is 3. The summed E-state index contributed by atoms with van der Waals surface area (Å²) in [4.78, 5) is 22.9. The van der Waals surface area contributed by atoms with Crippen molar-refractivity contribution in [2.45, 2.75) is 0 Å². The van der Waals surface area contributed by atoms with E-state index < -0.39 is 5.97 Å². The van der Waals surface area contributed by atoms with Crippen LogP contribution >= 0.6 is 28.1 Å². The Hall–Kier alpha value is -2.25. The van der Waals surface area contributed by atoms with Gasteiger partial charge in [0.15, 0.2) is 5.11 Å². The highest BCUT2D eigenvalue weighted by molar-refractivity contribution is 9.10. The molecule has 0 radical (unpaired) electrons. The molecule has 0 saturated heterocycles. The monoisotopic (exact) mass is 378 g/mol. The van der Waals surface area contributed by atoms with E-state index in [1.54, 1.807) is 36.4 Å². The molecule has 7 heteroatoms. The molecule has 112 valence electrons. The smallest absolute Gasteiger partial charge is 0.335 e. The number of amides is 1. The Balaban J connectivity index is 2.01. The highest BCUT2D eigenvalue weighted by Gasteiger charge is 2.09. The highest BCUT2D eigenvalue weighted by Crippen LogP contribution is 2.12. The van der Waals surface area contributed by atoms with Gasteiger partial charge in [-0.1, -0.05) is 22.0 Å². The first-order valence-electron chi connectivity index (χ1n) is 6.17. The fourth-order valence-corrected chi connectivity index (χ4v) is 2.14. The number of nitrogens with one attached hydrogen (secondary N) is 2. The predicted octanol–water partition coefficient (Wildman–Crippen LogP) is 3.27. The molecule has 0 atom stereocenters. The van der Waals surface area contributed by atoms with Crippen molar-refractivity contribution in [1.82, 2.24) is 5.32 Å². The Morgan fingerprint density at radius 1 is 1.05 bits per heavy atom. The van der Waals surface area contributed by atoms with Gasteiger partial charge >= 0.3 is 5.97 Å². The van der Waals surface area contributed by atoms with Crippen LogP contribution in [-0.4, -0.2) is 22.1 Å². The van der Waals surface area contributed by atoms with E-state index >= 15 is 0 Å². The lowest BCUT2D eigenvalue weighted by molar-refractivity contribution is 0.0696. The van der Waals surface area contributed by atoms with Crippen molar-refractivity contribution in [1.29, 1.82) is 0 Å². The van der Waals surface area contributed by atoms with Crippen LogP contribution in [0.5, 0.6) is 0 Å². The summed E-state index contributed by atoms with van der Waals surface area (Å²) in [6.07, 6.45) is 0. The van der Waals surface area contributed by atoms with Crippen molar-refractivity contribution in [3.8, 4) is 0 Å². The quantitative estimate of drug-likeness (QED) is 0.714. The number of carboxylic acid groups (broad SMARTS) is 1. The summed E-state index contributed by atoms with van der Waals surface area (Å²) in [5, 5.41) is 14.3. The Morgan fingerprint density at radius 2 is 1.73 bits per heavy atom. The minimum absolute atomic E-state index is 0.0930. The fourth-order valence-electron chi connectivity index (χ4n) is 1.67. The molecule has 0 spiro atoms. The van der Waals surface area contributed by atoms with E-state index in [9.17, 15) is 9.59 Å². The summed E-state index contributed by atoms with van der Waals surface area (Å²) in [6, 6.07) is 13.0. The maximum atomic E-state index is 12.0. The summed E-state index contributed by atoms with van der Waals surface area (Å²) >= 11 is 8.34. The van der Waals surface area contributed by atoms with E-state index in [1.165, 1.54) is 12.1 Å². The van der Waals surface area contributed by atoms with Crippen molar-refractivity contribution in [3.05, 3.63) is 64.1 Å². The van der Waals surface area contributed by atoms with Gasteiger partial charge < -0.3 is 10.4 Å². The molecule has 0 aliphatic rings. The SMILES string of the molecule is O=C(O)c1cccc(NC(=S)NC(=O)c2ccc(Br)cc2)c1. The molecule has 22 heavy (non-hydrogen) atoms. The second-order valence-corrected chi connectivity index (χ2v) is 5.63. The third kappa shape index (κ3) is 4.37. The first-order valence-corrected chi connectivity index (χ1v) is 7.37. The van der Waals surface area contributed by atoms with Crippen LogP contribution < -0.4 is 10.6 Å². The van der Waals surface area contributed by atoms with Crippen LogP contribution in [0.15, 0.2) is 53.0 Å². The highest BCUT2D eigenvalue weighted by atomic mass is 79.9. The number of carbonyl (C=O) groups excluding carboxylic acids is 1. The fraction of sp³-hybridized carbons (Fsp3) is 0. The summed E-state index contributed by atoms with van der Waals surface area (Å²) in [6.45, 7) is 0. The van der Waals surface area contributed by atoms with Gasteiger partial charge in [0, 0.05) is 15.7 Å². The van der Waals surface area contributed by atoms with E-state index in [-0.39, 0.29) is 16.6 Å². The van der Waals surface area contributed by atoms with Gasteiger partial charge in [0.2, 0.25) is 0 Å². The number of thiocarbonyl (C=S) groups is 1. The topological polar surface area (TPSA) is 78.4 Å². The van der Waals surface area contributed by atoms with Crippen molar-refractivity contribution < 1.29 is 14.7 Å². The molecular formula is C15H11BrN2O3S. The van der Waals surface area contributed by atoms with E-state index in [2.05, 4.69) is 26.6 Å². The summed E-state index contributed by atoms with van der Waals surface area (Å²) in [5.74, 6) is -1.38. The van der Waals surface area contributed by atoms with Gasteiger partial charge in [-0.3, -0.25) is 10.1 Å². The van der Waals surface area contributed by atoms with Crippen molar-refractivity contribution >= 4 is 50.8 Å². The van der Waals surface area contributed by atoms with E-state index in [0.717, 1.165) is 4.47 Å².